The van der Waals surface area contributed by atoms with E-state index < -0.39 is 5.97 Å². The van der Waals surface area contributed by atoms with Gasteiger partial charge < -0.3 is 19.6 Å². The van der Waals surface area contributed by atoms with Crippen molar-refractivity contribution in [1.82, 2.24) is 0 Å². The number of nitrogens with zero attached hydrogens (tertiary/aromatic N) is 3. The van der Waals surface area contributed by atoms with Crippen LogP contribution in [0.4, 0.5) is 0 Å². The Morgan fingerprint density at radius 1 is 1.13 bits per heavy atom. The van der Waals surface area contributed by atoms with Crippen LogP contribution in [0.5, 0.6) is 0 Å². The quantitative estimate of drug-likeness (QED) is 0.358. The van der Waals surface area contributed by atoms with Crippen molar-refractivity contribution in [3.05, 3.63) is 35.4 Å². The normalized spacial score (nSPS) is 12.8. The van der Waals surface area contributed by atoms with E-state index in [0.717, 1.165) is 0 Å². The summed E-state index contributed by atoms with van der Waals surface area (Å²) in [5.41, 5.74) is 1.94. The number of esters is 1. The van der Waals surface area contributed by atoms with E-state index in [1.54, 1.807) is 38.1 Å². The van der Waals surface area contributed by atoms with Crippen LogP contribution in [-0.2, 0) is 25.8 Å². The number of benzene rings is 1. The first-order valence-corrected chi connectivity index (χ1v) is 6.68. The summed E-state index contributed by atoms with van der Waals surface area (Å²) in [6.07, 6.45) is 0. The van der Waals surface area contributed by atoms with Gasteiger partial charge in [0.05, 0.1) is 7.11 Å². The highest BCUT2D eigenvalue weighted by atomic mass is 16.6. The van der Waals surface area contributed by atoms with Crippen molar-refractivity contribution in [2.75, 3.05) is 14.2 Å². The average Bonchev–Trinajstić information content (AvgIpc) is 2.56. The van der Waals surface area contributed by atoms with Gasteiger partial charge in [-0.15, -0.1) is 0 Å². The van der Waals surface area contributed by atoms with Gasteiger partial charge in [-0.1, -0.05) is 39.7 Å². The Balaban J connectivity index is 2.93. The van der Waals surface area contributed by atoms with Crippen molar-refractivity contribution in [3.63, 3.8) is 0 Å². The van der Waals surface area contributed by atoms with Crippen LogP contribution in [0.1, 0.15) is 25.0 Å². The minimum absolute atomic E-state index is 0.0732. The van der Waals surface area contributed by atoms with Gasteiger partial charge in [-0.25, -0.2) is 4.79 Å². The lowest BCUT2D eigenvalue weighted by Crippen LogP contribution is -2.19. The topological polar surface area (TPSA) is 102 Å². The third kappa shape index (κ3) is 5.10. The number of methoxy groups -OCH3 is 1. The van der Waals surface area contributed by atoms with Crippen LogP contribution in [0.15, 0.2) is 39.7 Å². The molecular formula is C15H19N3O5. The molecule has 1 rings (SSSR count). The fourth-order valence-corrected chi connectivity index (χ4v) is 1.65. The predicted octanol–water partition coefficient (Wildman–Crippen LogP) is 1.95. The molecule has 0 radical (unpaired) electrons. The van der Waals surface area contributed by atoms with E-state index in [0.29, 0.717) is 22.6 Å². The van der Waals surface area contributed by atoms with Crippen molar-refractivity contribution in [2.24, 2.45) is 15.5 Å². The summed E-state index contributed by atoms with van der Waals surface area (Å²) < 4.78 is 4.59. The molecule has 0 saturated carbocycles. The van der Waals surface area contributed by atoms with E-state index in [-0.39, 0.29) is 12.3 Å². The van der Waals surface area contributed by atoms with Crippen LogP contribution in [0, 0.1) is 0 Å². The van der Waals surface area contributed by atoms with Crippen LogP contribution in [0.25, 0.3) is 0 Å². The summed E-state index contributed by atoms with van der Waals surface area (Å²) >= 11 is 0. The van der Waals surface area contributed by atoms with Crippen LogP contribution < -0.4 is 0 Å². The number of ether oxygens (including phenoxy) is 1. The van der Waals surface area contributed by atoms with E-state index in [1.807, 2.05) is 0 Å². The zero-order chi connectivity index (χ0) is 17.2. The third-order valence-corrected chi connectivity index (χ3v) is 2.92. The lowest BCUT2D eigenvalue weighted by atomic mass is 10.0. The summed E-state index contributed by atoms with van der Waals surface area (Å²) in [7, 11) is 2.65. The first-order chi connectivity index (χ1) is 11.0. The standard InChI is InChI=1S/C15H19N3O5/c1-10(17-22-4)11(2)18-23-9-12-7-5-6-8-13(12)14(16-20)15(19)21-3/h5-8,20H,9H2,1-4H3/b16-14-,17-10+,18-11+. The Kier molecular flexibility index (Phi) is 7.25. The molecule has 0 bridgehead atoms. The lowest BCUT2D eigenvalue weighted by Gasteiger charge is -2.09. The van der Waals surface area contributed by atoms with E-state index in [1.165, 1.54) is 14.2 Å². The van der Waals surface area contributed by atoms with E-state index >= 15 is 0 Å². The number of hydrogen-bond acceptors (Lipinski definition) is 8. The molecule has 0 atom stereocenters. The molecule has 8 heteroatoms. The third-order valence-electron chi connectivity index (χ3n) is 2.92. The maximum atomic E-state index is 11.6. The summed E-state index contributed by atoms with van der Waals surface area (Å²) in [5.74, 6) is -0.747. The van der Waals surface area contributed by atoms with Crippen LogP contribution in [-0.4, -0.2) is 42.5 Å². The number of rotatable bonds is 7. The highest BCUT2D eigenvalue weighted by Crippen LogP contribution is 2.13. The molecule has 0 unspecified atom stereocenters. The van der Waals surface area contributed by atoms with Crippen LogP contribution in [0.2, 0.25) is 0 Å². The zero-order valence-corrected chi connectivity index (χ0v) is 13.4. The second kappa shape index (κ2) is 9.19. The van der Waals surface area contributed by atoms with Gasteiger partial charge in [-0.2, -0.15) is 0 Å². The lowest BCUT2D eigenvalue weighted by molar-refractivity contribution is -0.132. The monoisotopic (exact) mass is 321 g/mol. The van der Waals surface area contributed by atoms with Gasteiger partial charge in [0.2, 0.25) is 0 Å². The van der Waals surface area contributed by atoms with Crippen molar-refractivity contribution in [2.45, 2.75) is 20.5 Å². The minimum atomic E-state index is -0.747. The molecule has 1 N–H and O–H groups in total. The second-order valence-electron chi connectivity index (χ2n) is 4.41. The Morgan fingerprint density at radius 3 is 2.39 bits per heavy atom. The molecular weight excluding hydrogens is 302 g/mol. The largest absolute Gasteiger partial charge is 0.464 e. The van der Waals surface area contributed by atoms with Crippen molar-refractivity contribution >= 4 is 23.1 Å². The molecule has 0 amide bonds. The smallest absolute Gasteiger partial charge is 0.360 e. The number of hydrogen-bond donors (Lipinski definition) is 1. The molecule has 0 aromatic heterocycles. The van der Waals surface area contributed by atoms with E-state index in [2.05, 4.69) is 25.0 Å². The van der Waals surface area contributed by atoms with Gasteiger partial charge in [0.25, 0.3) is 0 Å². The fourth-order valence-electron chi connectivity index (χ4n) is 1.65. The molecule has 1 aromatic carbocycles. The Hall–Kier alpha value is -2.90. The Morgan fingerprint density at radius 2 is 1.78 bits per heavy atom. The van der Waals surface area contributed by atoms with E-state index in [9.17, 15) is 4.79 Å². The molecule has 0 aliphatic heterocycles. The van der Waals surface area contributed by atoms with Crippen LogP contribution in [0.3, 0.4) is 0 Å². The van der Waals surface area contributed by atoms with Gasteiger partial charge in [0.15, 0.2) is 5.71 Å². The van der Waals surface area contributed by atoms with Crippen molar-refractivity contribution in [1.29, 1.82) is 0 Å². The van der Waals surface area contributed by atoms with Crippen LogP contribution >= 0.6 is 0 Å². The average molecular weight is 321 g/mol. The SMILES string of the molecule is CO/N=C(C)/C(C)=N/OCc1ccccc1/C(=N/O)C(=O)OC. The highest BCUT2D eigenvalue weighted by Gasteiger charge is 2.18. The summed E-state index contributed by atoms with van der Waals surface area (Å²) in [6.45, 7) is 3.52. The predicted molar refractivity (Wildman–Crippen MR) is 84.8 cm³/mol. The van der Waals surface area contributed by atoms with Gasteiger partial charge in [-0.3, -0.25) is 0 Å². The first kappa shape index (κ1) is 18.1. The van der Waals surface area contributed by atoms with Gasteiger partial charge in [0.1, 0.15) is 25.1 Å². The molecule has 23 heavy (non-hydrogen) atoms. The number of oxime groups is 3. The van der Waals surface area contributed by atoms with Crippen molar-refractivity contribution < 1.29 is 24.4 Å². The number of carbonyl (C=O) groups excluding carboxylic acids is 1. The first-order valence-electron chi connectivity index (χ1n) is 6.68. The van der Waals surface area contributed by atoms with Crippen molar-refractivity contribution in [3.8, 4) is 0 Å². The minimum Gasteiger partial charge on any atom is -0.464 e. The fraction of sp³-hybridized carbons (Fsp3) is 0.333. The Bertz CT molecular complexity index is 638. The molecule has 0 heterocycles. The van der Waals surface area contributed by atoms with Gasteiger partial charge >= 0.3 is 5.97 Å². The number of carbonyl (C=O) groups is 1. The maximum absolute atomic E-state index is 11.6. The molecule has 0 aliphatic carbocycles. The highest BCUT2D eigenvalue weighted by molar-refractivity contribution is 6.43. The second-order valence-corrected chi connectivity index (χ2v) is 4.41. The molecule has 1 aromatic rings. The summed E-state index contributed by atoms with van der Waals surface area (Å²) in [6, 6.07) is 6.82. The van der Waals surface area contributed by atoms with Gasteiger partial charge in [-0.05, 0) is 13.8 Å². The zero-order valence-electron chi connectivity index (χ0n) is 13.4. The van der Waals surface area contributed by atoms with Gasteiger partial charge in [0, 0.05) is 11.1 Å². The molecule has 0 saturated heterocycles. The summed E-state index contributed by atoms with van der Waals surface area (Å²) in [4.78, 5) is 21.5. The summed E-state index contributed by atoms with van der Waals surface area (Å²) in [5, 5.41) is 19.7. The molecule has 8 nitrogen and oxygen atoms in total. The maximum Gasteiger partial charge on any atom is 0.360 e. The van der Waals surface area contributed by atoms with E-state index in [4.69, 9.17) is 10.0 Å². The molecule has 0 fully saturated rings. The Labute approximate surface area is 134 Å². The molecule has 0 spiro atoms. The molecule has 0 aliphatic rings. The molecule has 124 valence electrons.